The van der Waals surface area contributed by atoms with Gasteiger partial charge in [-0.1, -0.05) is 42.5 Å². The number of benzene rings is 3. The van der Waals surface area contributed by atoms with Crippen molar-refractivity contribution in [3.8, 4) is 0 Å². The minimum Gasteiger partial charge on any atom is -0.350 e. The maximum atomic E-state index is 13.3. The van der Waals surface area contributed by atoms with Gasteiger partial charge in [-0.3, -0.25) is 10.2 Å². The van der Waals surface area contributed by atoms with Gasteiger partial charge < -0.3 is 5.73 Å². The van der Waals surface area contributed by atoms with Crippen molar-refractivity contribution >= 4 is 28.4 Å². The van der Waals surface area contributed by atoms with E-state index in [4.69, 9.17) is 5.73 Å². The molecule has 0 bridgehead atoms. The number of halogens is 1. The molecule has 3 aromatic rings. The number of nitrogens with two attached hydrogens (primary N) is 1. The number of rotatable bonds is 2. The van der Waals surface area contributed by atoms with Crippen LogP contribution in [0, 0.1) is 5.82 Å². The molecule has 5 nitrogen and oxygen atoms in total. The molecule has 0 aliphatic heterocycles. The topological polar surface area (TPSA) is 75.4 Å². The Morgan fingerprint density at radius 2 is 1.67 bits per heavy atom. The first-order valence-corrected chi connectivity index (χ1v) is 7.20. The van der Waals surface area contributed by atoms with Gasteiger partial charge in [-0.15, -0.1) is 0 Å². The predicted octanol–water partition coefficient (Wildman–Crippen LogP) is 3.21. The number of primary amides is 1. The van der Waals surface area contributed by atoms with E-state index in [0.717, 1.165) is 21.8 Å². The first-order chi connectivity index (χ1) is 11.6. The number of nitrogens with zero attached hydrogens (tertiary/aromatic N) is 1. The number of nitrogens with one attached hydrogen (secondary N) is 1. The molecule has 3 N–H and O–H groups in total. The second-order valence-electron chi connectivity index (χ2n) is 5.12. The van der Waals surface area contributed by atoms with Gasteiger partial charge in [-0.25, -0.2) is 14.2 Å². The highest BCUT2D eigenvalue weighted by Crippen LogP contribution is 2.25. The molecule has 0 aliphatic carbocycles. The van der Waals surface area contributed by atoms with Crippen LogP contribution in [0.4, 0.5) is 14.9 Å². The number of hydrogen-bond donors (Lipinski definition) is 2. The van der Waals surface area contributed by atoms with Gasteiger partial charge in [-0.05, 0) is 29.7 Å². The average molecular weight is 323 g/mol. The highest BCUT2D eigenvalue weighted by Gasteiger charge is 2.19. The Bertz CT molecular complexity index is 922. The number of hydrazine groups is 1. The Labute approximate surface area is 137 Å². The van der Waals surface area contributed by atoms with Crippen LogP contribution in [0.25, 0.3) is 10.8 Å². The van der Waals surface area contributed by atoms with E-state index in [1.54, 1.807) is 12.1 Å². The van der Waals surface area contributed by atoms with E-state index >= 15 is 0 Å². The Kier molecular flexibility index (Phi) is 4.11. The number of amides is 3. The van der Waals surface area contributed by atoms with Crippen molar-refractivity contribution in [1.29, 1.82) is 0 Å². The number of carbonyl (C=O) groups is 2. The lowest BCUT2D eigenvalue weighted by molar-refractivity contribution is 0.0950. The summed E-state index contributed by atoms with van der Waals surface area (Å²) in [6, 6.07) is 17.0. The summed E-state index contributed by atoms with van der Waals surface area (Å²) in [5, 5.41) is 2.59. The number of fused-ring (bicyclic) bond motifs is 1. The van der Waals surface area contributed by atoms with E-state index in [0.29, 0.717) is 5.69 Å². The predicted molar refractivity (Wildman–Crippen MR) is 89.9 cm³/mol. The van der Waals surface area contributed by atoms with Gasteiger partial charge in [-0.2, -0.15) is 0 Å². The maximum Gasteiger partial charge on any atom is 0.338 e. The quantitative estimate of drug-likeness (QED) is 0.711. The summed E-state index contributed by atoms with van der Waals surface area (Å²) in [7, 11) is 0. The molecule has 6 heteroatoms. The van der Waals surface area contributed by atoms with E-state index in [-0.39, 0.29) is 5.56 Å². The molecule has 24 heavy (non-hydrogen) atoms. The lowest BCUT2D eigenvalue weighted by Crippen LogP contribution is -2.49. The lowest BCUT2D eigenvalue weighted by atomic mass is 10.1. The number of urea groups is 1. The van der Waals surface area contributed by atoms with Gasteiger partial charge in [0.2, 0.25) is 0 Å². The van der Waals surface area contributed by atoms with E-state index in [2.05, 4.69) is 5.43 Å². The van der Waals surface area contributed by atoms with Gasteiger partial charge in [0.1, 0.15) is 5.82 Å². The second kappa shape index (κ2) is 6.37. The molecule has 0 heterocycles. The van der Waals surface area contributed by atoms with Crippen LogP contribution in [-0.2, 0) is 0 Å². The Morgan fingerprint density at radius 3 is 2.42 bits per heavy atom. The van der Waals surface area contributed by atoms with Crippen LogP contribution in [0.5, 0.6) is 0 Å². The number of anilines is 1. The normalized spacial score (nSPS) is 10.4. The van der Waals surface area contributed by atoms with Crippen molar-refractivity contribution < 1.29 is 14.0 Å². The number of hydrogen-bond acceptors (Lipinski definition) is 2. The van der Waals surface area contributed by atoms with Crippen molar-refractivity contribution in [3.63, 3.8) is 0 Å². The molecule has 3 aromatic carbocycles. The Morgan fingerprint density at radius 1 is 0.958 bits per heavy atom. The van der Waals surface area contributed by atoms with E-state index < -0.39 is 17.8 Å². The molecule has 0 atom stereocenters. The molecule has 120 valence electrons. The highest BCUT2D eigenvalue weighted by atomic mass is 19.1. The van der Waals surface area contributed by atoms with Crippen LogP contribution in [0.15, 0.2) is 66.7 Å². The van der Waals surface area contributed by atoms with Gasteiger partial charge in [0.05, 0.1) is 5.69 Å². The molecule has 3 rings (SSSR count). The molecule has 0 unspecified atom stereocenters. The third-order valence-electron chi connectivity index (χ3n) is 3.53. The highest BCUT2D eigenvalue weighted by molar-refractivity contribution is 6.06. The molecule has 0 aromatic heterocycles. The molecule has 0 saturated carbocycles. The molecule has 3 amide bonds. The molecular weight excluding hydrogens is 309 g/mol. The summed E-state index contributed by atoms with van der Waals surface area (Å²) in [6.45, 7) is 0. The van der Waals surface area contributed by atoms with Crippen molar-refractivity contribution in [3.05, 3.63) is 78.1 Å². The van der Waals surface area contributed by atoms with Crippen molar-refractivity contribution in [2.75, 3.05) is 5.01 Å². The van der Waals surface area contributed by atoms with E-state index in [9.17, 15) is 14.0 Å². The molecule has 0 saturated heterocycles. The molecule has 0 aliphatic rings. The van der Waals surface area contributed by atoms with Crippen LogP contribution in [0.2, 0.25) is 0 Å². The van der Waals surface area contributed by atoms with Crippen molar-refractivity contribution in [2.45, 2.75) is 0 Å². The summed E-state index contributed by atoms with van der Waals surface area (Å²) in [5.74, 6) is -1.18. The van der Waals surface area contributed by atoms with Crippen LogP contribution >= 0.6 is 0 Å². The van der Waals surface area contributed by atoms with Gasteiger partial charge in [0.15, 0.2) is 0 Å². The zero-order valence-corrected chi connectivity index (χ0v) is 12.6. The van der Waals surface area contributed by atoms with Crippen LogP contribution in [0.3, 0.4) is 0 Å². The SMILES string of the molecule is NC(=O)N(NC(=O)c1cccc(F)c1)c1cccc2ccccc12. The molecule has 0 spiro atoms. The monoisotopic (exact) mass is 323 g/mol. The smallest absolute Gasteiger partial charge is 0.338 e. The second-order valence-corrected chi connectivity index (χ2v) is 5.12. The Balaban J connectivity index is 1.98. The largest absolute Gasteiger partial charge is 0.350 e. The Hall–Kier alpha value is -3.41. The zero-order valence-electron chi connectivity index (χ0n) is 12.6. The average Bonchev–Trinajstić information content (AvgIpc) is 2.59. The third-order valence-corrected chi connectivity index (χ3v) is 3.53. The fourth-order valence-corrected chi connectivity index (χ4v) is 2.43. The molecule has 0 radical (unpaired) electrons. The molecule has 0 fully saturated rings. The van der Waals surface area contributed by atoms with Crippen LogP contribution in [-0.4, -0.2) is 11.9 Å². The summed E-state index contributed by atoms with van der Waals surface area (Å²) in [6.07, 6.45) is 0. The van der Waals surface area contributed by atoms with Gasteiger partial charge >= 0.3 is 6.03 Å². The fraction of sp³-hybridized carbons (Fsp3) is 0. The zero-order chi connectivity index (χ0) is 17.1. The van der Waals surface area contributed by atoms with Crippen LogP contribution in [0.1, 0.15) is 10.4 Å². The fourth-order valence-electron chi connectivity index (χ4n) is 2.43. The van der Waals surface area contributed by atoms with E-state index in [1.165, 1.54) is 18.2 Å². The van der Waals surface area contributed by atoms with E-state index in [1.807, 2.05) is 30.3 Å². The van der Waals surface area contributed by atoms with Crippen LogP contribution < -0.4 is 16.2 Å². The van der Waals surface area contributed by atoms with Crippen molar-refractivity contribution in [1.82, 2.24) is 5.43 Å². The third kappa shape index (κ3) is 3.03. The maximum absolute atomic E-state index is 13.3. The minimum atomic E-state index is -0.851. The number of carbonyl (C=O) groups excluding carboxylic acids is 2. The van der Waals surface area contributed by atoms with Gasteiger partial charge in [0, 0.05) is 10.9 Å². The van der Waals surface area contributed by atoms with Crippen molar-refractivity contribution in [2.24, 2.45) is 5.73 Å². The summed E-state index contributed by atoms with van der Waals surface area (Å²) >= 11 is 0. The first kappa shape index (κ1) is 15.5. The summed E-state index contributed by atoms with van der Waals surface area (Å²) in [4.78, 5) is 24.1. The van der Waals surface area contributed by atoms with Gasteiger partial charge in [0.25, 0.3) is 5.91 Å². The molecular formula is C18H14FN3O2. The first-order valence-electron chi connectivity index (χ1n) is 7.20. The minimum absolute atomic E-state index is 0.0847. The summed E-state index contributed by atoms with van der Waals surface area (Å²) < 4.78 is 13.3. The lowest BCUT2D eigenvalue weighted by Gasteiger charge is -2.22. The standard InChI is InChI=1S/C18H14FN3O2/c19-14-8-3-7-13(11-14)17(23)21-22(18(20)24)16-10-4-6-12-5-1-2-9-15(12)16/h1-11H,(H2,20,24)(H,21,23). The summed E-state index contributed by atoms with van der Waals surface area (Å²) in [5.41, 5.74) is 8.36.